The van der Waals surface area contributed by atoms with Gasteiger partial charge in [-0.1, -0.05) is 23.4 Å². The minimum Gasteiger partial charge on any atom is -0.479 e. The van der Waals surface area contributed by atoms with E-state index >= 15 is 0 Å². The number of benzene rings is 2. The number of anilines is 1. The molecule has 7 nitrogen and oxygen atoms in total. The van der Waals surface area contributed by atoms with Gasteiger partial charge in [0.05, 0.1) is 23.2 Å². The zero-order valence-electron chi connectivity index (χ0n) is 16.5. The van der Waals surface area contributed by atoms with Gasteiger partial charge in [0.25, 0.3) is 0 Å². The predicted molar refractivity (Wildman–Crippen MR) is 110 cm³/mol. The second kappa shape index (κ2) is 6.67. The Bertz CT molecular complexity index is 1140. The third-order valence-corrected chi connectivity index (χ3v) is 7.16. The van der Waals surface area contributed by atoms with Crippen LogP contribution in [0.3, 0.4) is 0 Å². The molecule has 2 aromatic carbocycles. The van der Waals surface area contributed by atoms with E-state index in [0.29, 0.717) is 11.4 Å². The number of carbonyl (C=O) groups is 2. The Kier molecular flexibility index (Phi) is 3.90. The molecule has 0 spiro atoms. The third-order valence-electron chi connectivity index (χ3n) is 7.16. The van der Waals surface area contributed by atoms with Crippen molar-refractivity contribution in [2.75, 3.05) is 11.5 Å². The van der Waals surface area contributed by atoms with Crippen LogP contribution in [0.1, 0.15) is 12.0 Å². The van der Waals surface area contributed by atoms with E-state index in [1.165, 1.54) is 4.90 Å². The summed E-state index contributed by atoms with van der Waals surface area (Å²) in [6.45, 7) is -0.00498. The van der Waals surface area contributed by atoms with Gasteiger partial charge in [0.1, 0.15) is 17.9 Å². The SMILES string of the molecule is N#CCOc1ccc(C2=NO[C@@H]3[C@H]4C[C@@H]([C@H]23)[C@@H]2C(=O)N(c3ccccc3)C(=O)[C@H]42)cc1. The molecule has 2 aromatic rings. The molecule has 2 aliphatic carbocycles. The number of nitrogens with zero attached hydrogens (tertiary/aromatic N) is 3. The Morgan fingerprint density at radius 1 is 1.00 bits per heavy atom. The first kappa shape index (κ1) is 18.1. The van der Waals surface area contributed by atoms with Gasteiger partial charge in [-0.2, -0.15) is 5.26 Å². The van der Waals surface area contributed by atoms with Crippen molar-refractivity contribution in [1.29, 1.82) is 5.26 Å². The molecule has 154 valence electrons. The maximum absolute atomic E-state index is 13.3. The van der Waals surface area contributed by atoms with Gasteiger partial charge >= 0.3 is 0 Å². The zero-order valence-corrected chi connectivity index (χ0v) is 16.5. The molecule has 2 amide bonds. The molecule has 4 aliphatic rings. The van der Waals surface area contributed by atoms with Crippen LogP contribution in [-0.4, -0.2) is 30.2 Å². The van der Waals surface area contributed by atoms with E-state index < -0.39 is 0 Å². The van der Waals surface area contributed by atoms with Crippen LogP contribution < -0.4 is 9.64 Å². The lowest BCUT2D eigenvalue weighted by molar-refractivity contribution is -0.125. The number of ether oxygens (including phenoxy) is 1. The van der Waals surface area contributed by atoms with Crippen molar-refractivity contribution in [2.45, 2.75) is 12.5 Å². The summed E-state index contributed by atoms with van der Waals surface area (Å²) in [5, 5.41) is 13.0. The molecule has 2 aliphatic heterocycles. The molecule has 3 fully saturated rings. The lowest BCUT2D eigenvalue weighted by Crippen LogP contribution is -2.41. The molecule has 2 heterocycles. The molecular weight excluding hydrogens is 394 g/mol. The van der Waals surface area contributed by atoms with E-state index in [1.807, 2.05) is 36.4 Å². The largest absolute Gasteiger partial charge is 0.479 e. The van der Waals surface area contributed by atoms with E-state index in [4.69, 9.17) is 14.8 Å². The molecule has 0 radical (unpaired) electrons. The Morgan fingerprint density at radius 3 is 2.42 bits per heavy atom. The van der Waals surface area contributed by atoms with Crippen LogP contribution in [0, 0.1) is 40.9 Å². The summed E-state index contributed by atoms with van der Waals surface area (Å²) in [5.41, 5.74) is 2.39. The molecule has 2 bridgehead atoms. The highest BCUT2D eigenvalue weighted by molar-refractivity contribution is 6.23. The number of amides is 2. The van der Waals surface area contributed by atoms with Crippen LogP contribution >= 0.6 is 0 Å². The Balaban J connectivity index is 1.29. The van der Waals surface area contributed by atoms with Crippen LogP contribution in [0.2, 0.25) is 0 Å². The average molecular weight is 413 g/mol. The molecule has 0 N–H and O–H groups in total. The van der Waals surface area contributed by atoms with Crippen molar-refractivity contribution >= 4 is 23.2 Å². The van der Waals surface area contributed by atoms with E-state index in [9.17, 15) is 9.59 Å². The number of hydrogen-bond donors (Lipinski definition) is 0. The minimum atomic E-state index is -0.324. The second-order valence-corrected chi connectivity index (χ2v) is 8.51. The van der Waals surface area contributed by atoms with Crippen molar-refractivity contribution in [1.82, 2.24) is 0 Å². The summed E-state index contributed by atoms with van der Waals surface area (Å²) in [5.74, 6) is -0.180. The molecule has 0 unspecified atom stereocenters. The monoisotopic (exact) mass is 413 g/mol. The Hall–Kier alpha value is -3.66. The standard InChI is InChI=1S/C24H19N3O4/c25-10-11-30-15-8-6-13(7-9-15)21-20-16-12-17(22(20)31-26-21)19-18(16)23(28)27(24(19)29)14-4-2-1-3-5-14/h1-9,16-20,22H,11-12H2/t16-,17+,18+,19-,20-,22-/m1/s1. The highest BCUT2D eigenvalue weighted by Gasteiger charge is 2.70. The van der Waals surface area contributed by atoms with Gasteiger partial charge in [-0.15, -0.1) is 0 Å². The zero-order chi connectivity index (χ0) is 21.1. The predicted octanol–water partition coefficient (Wildman–Crippen LogP) is 2.76. The van der Waals surface area contributed by atoms with Crippen LogP contribution in [-0.2, 0) is 14.4 Å². The summed E-state index contributed by atoms with van der Waals surface area (Å²) < 4.78 is 5.33. The summed E-state index contributed by atoms with van der Waals surface area (Å²) in [7, 11) is 0. The molecule has 0 aromatic heterocycles. The van der Waals surface area contributed by atoms with Gasteiger partial charge in [-0.3, -0.25) is 14.5 Å². The fraction of sp³-hybridized carbons (Fsp3) is 0.333. The van der Waals surface area contributed by atoms with E-state index in [0.717, 1.165) is 17.7 Å². The highest BCUT2D eigenvalue weighted by atomic mass is 16.6. The summed E-state index contributed by atoms with van der Waals surface area (Å²) >= 11 is 0. The first-order valence-electron chi connectivity index (χ1n) is 10.5. The number of nitriles is 1. The van der Waals surface area contributed by atoms with Gasteiger partial charge in [0.2, 0.25) is 11.8 Å². The maximum Gasteiger partial charge on any atom is 0.238 e. The van der Waals surface area contributed by atoms with E-state index in [1.54, 1.807) is 24.3 Å². The van der Waals surface area contributed by atoms with Gasteiger partial charge < -0.3 is 9.57 Å². The number of imide groups is 1. The normalized spacial score (nSPS) is 32.4. The van der Waals surface area contributed by atoms with Crippen molar-refractivity contribution < 1.29 is 19.2 Å². The fourth-order valence-electron chi connectivity index (χ4n) is 6.03. The molecule has 31 heavy (non-hydrogen) atoms. The highest BCUT2D eigenvalue weighted by Crippen LogP contribution is 2.62. The van der Waals surface area contributed by atoms with Crippen molar-refractivity contribution in [3.8, 4) is 11.8 Å². The molecular formula is C24H19N3O4. The quantitative estimate of drug-likeness (QED) is 0.719. The third kappa shape index (κ3) is 2.48. The molecule has 6 atom stereocenters. The first-order chi connectivity index (χ1) is 15.2. The number of carbonyl (C=O) groups excluding carboxylic acids is 2. The van der Waals surface area contributed by atoms with Crippen LogP contribution in [0.25, 0.3) is 0 Å². The lowest BCUT2D eigenvalue weighted by Gasteiger charge is -2.29. The molecule has 2 saturated carbocycles. The van der Waals surface area contributed by atoms with E-state index in [2.05, 4.69) is 5.16 Å². The molecule has 6 rings (SSSR count). The minimum absolute atomic E-state index is 0.00426. The number of oxime groups is 1. The summed E-state index contributed by atoms with van der Waals surface area (Å²) in [4.78, 5) is 33.8. The number of rotatable bonds is 4. The Labute approximate surface area is 178 Å². The number of fused-ring (bicyclic) bond motifs is 8. The topological polar surface area (TPSA) is 92.0 Å². The Morgan fingerprint density at radius 2 is 1.71 bits per heavy atom. The van der Waals surface area contributed by atoms with Gasteiger partial charge in [0, 0.05) is 17.4 Å². The van der Waals surface area contributed by atoms with Gasteiger partial charge in [-0.05, 0) is 48.7 Å². The summed E-state index contributed by atoms with van der Waals surface area (Å²) in [6.07, 6.45) is 0.649. The van der Waals surface area contributed by atoms with Crippen LogP contribution in [0.15, 0.2) is 59.8 Å². The van der Waals surface area contributed by atoms with Crippen LogP contribution in [0.5, 0.6) is 5.75 Å². The molecule has 7 heteroatoms. The van der Waals surface area contributed by atoms with Gasteiger partial charge in [-0.25, -0.2) is 0 Å². The van der Waals surface area contributed by atoms with Crippen molar-refractivity contribution in [2.24, 2.45) is 34.7 Å². The number of hydrogen-bond acceptors (Lipinski definition) is 6. The van der Waals surface area contributed by atoms with Gasteiger partial charge in [0.15, 0.2) is 6.61 Å². The van der Waals surface area contributed by atoms with Crippen molar-refractivity contribution in [3.63, 3.8) is 0 Å². The first-order valence-corrected chi connectivity index (χ1v) is 10.5. The van der Waals surface area contributed by atoms with E-state index in [-0.39, 0.29) is 54.1 Å². The lowest BCUT2D eigenvalue weighted by atomic mass is 9.71. The fourth-order valence-corrected chi connectivity index (χ4v) is 6.03. The average Bonchev–Trinajstić information content (AvgIpc) is 3.53. The second-order valence-electron chi connectivity index (χ2n) is 8.51. The smallest absolute Gasteiger partial charge is 0.238 e. The maximum atomic E-state index is 13.3. The summed E-state index contributed by atoms with van der Waals surface area (Å²) in [6, 6.07) is 18.5. The number of para-hydroxylation sites is 1. The molecule has 1 saturated heterocycles. The van der Waals surface area contributed by atoms with Crippen LogP contribution in [0.4, 0.5) is 5.69 Å². The van der Waals surface area contributed by atoms with Crippen molar-refractivity contribution in [3.05, 3.63) is 60.2 Å².